The Bertz CT molecular complexity index is 984. The van der Waals surface area contributed by atoms with E-state index in [-0.39, 0.29) is 42.1 Å². The number of rotatable bonds is 7. The summed E-state index contributed by atoms with van der Waals surface area (Å²) in [4.78, 5) is 27.2. The second kappa shape index (κ2) is 8.93. The number of nitrogens with zero attached hydrogens (tertiary/aromatic N) is 2. The maximum absolute atomic E-state index is 12.8. The number of carbonyl (C=O) groups is 2. The van der Waals surface area contributed by atoms with Crippen LogP contribution >= 0.6 is 11.8 Å². The number of imide groups is 1. The van der Waals surface area contributed by atoms with E-state index in [2.05, 4.69) is 9.62 Å². The van der Waals surface area contributed by atoms with Gasteiger partial charge in [-0.25, -0.2) is 13.1 Å². The van der Waals surface area contributed by atoms with E-state index in [9.17, 15) is 18.0 Å². The zero-order valence-electron chi connectivity index (χ0n) is 16.3. The van der Waals surface area contributed by atoms with Gasteiger partial charge in [0.15, 0.2) is 0 Å². The van der Waals surface area contributed by atoms with Crippen LogP contribution < -0.4 is 9.62 Å². The highest BCUT2D eigenvalue weighted by Crippen LogP contribution is 2.26. The number of hydrogen-bond donors (Lipinski definition) is 1. The molecule has 0 radical (unpaired) electrons. The summed E-state index contributed by atoms with van der Waals surface area (Å²) in [5.41, 5.74) is 1.33. The molecular weight excluding hydrogens is 426 g/mol. The van der Waals surface area contributed by atoms with Gasteiger partial charge in [0.05, 0.1) is 29.2 Å². The molecule has 4 rings (SSSR count). The maximum atomic E-state index is 12.8. The Morgan fingerprint density at radius 2 is 1.70 bits per heavy atom. The Morgan fingerprint density at radius 3 is 2.30 bits per heavy atom. The van der Waals surface area contributed by atoms with Crippen LogP contribution in [-0.4, -0.2) is 56.3 Å². The molecule has 2 aromatic rings. The van der Waals surface area contributed by atoms with Crippen molar-refractivity contribution in [1.29, 1.82) is 0 Å². The topological polar surface area (TPSA) is 99.9 Å². The summed E-state index contributed by atoms with van der Waals surface area (Å²) in [6, 6.07) is 7.57. The molecule has 0 spiro atoms. The van der Waals surface area contributed by atoms with Gasteiger partial charge in [-0.2, -0.15) is 11.8 Å². The van der Waals surface area contributed by atoms with Crippen LogP contribution in [-0.2, 0) is 19.6 Å². The summed E-state index contributed by atoms with van der Waals surface area (Å²) in [5.74, 6) is 1.49. The minimum absolute atomic E-state index is 0.0884. The smallest absolute Gasteiger partial charge is 0.240 e. The lowest BCUT2D eigenvalue weighted by molar-refractivity contribution is -0.121. The van der Waals surface area contributed by atoms with Gasteiger partial charge in [-0.1, -0.05) is 0 Å². The van der Waals surface area contributed by atoms with Gasteiger partial charge in [0, 0.05) is 49.5 Å². The molecule has 30 heavy (non-hydrogen) atoms. The van der Waals surface area contributed by atoms with Gasteiger partial charge < -0.3 is 4.42 Å². The molecule has 3 heterocycles. The number of thioether (sulfide) groups is 1. The molecule has 160 valence electrons. The number of nitrogens with one attached hydrogen (secondary N) is 1. The highest BCUT2D eigenvalue weighted by atomic mass is 32.2. The minimum atomic E-state index is -3.75. The average molecular weight is 450 g/mol. The molecule has 2 aliphatic heterocycles. The van der Waals surface area contributed by atoms with Gasteiger partial charge in [0.1, 0.15) is 0 Å². The molecule has 8 nitrogen and oxygen atoms in total. The Hall–Kier alpha value is -2.14. The van der Waals surface area contributed by atoms with Crippen molar-refractivity contribution in [3.8, 4) is 0 Å². The summed E-state index contributed by atoms with van der Waals surface area (Å²) < 4.78 is 33.6. The lowest BCUT2D eigenvalue weighted by Gasteiger charge is -2.33. The minimum Gasteiger partial charge on any atom is -0.472 e. The molecule has 2 amide bonds. The maximum Gasteiger partial charge on any atom is 0.240 e. The van der Waals surface area contributed by atoms with Crippen molar-refractivity contribution >= 4 is 39.3 Å². The van der Waals surface area contributed by atoms with Crippen molar-refractivity contribution in [3.05, 3.63) is 48.4 Å². The number of anilines is 1. The molecule has 10 heteroatoms. The molecule has 2 fully saturated rings. The van der Waals surface area contributed by atoms with Crippen molar-refractivity contribution in [2.45, 2.75) is 23.8 Å². The summed E-state index contributed by atoms with van der Waals surface area (Å²) in [6.45, 7) is 1.99. The molecule has 0 unspecified atom stereocenters. The average Bonchev–Trinajstić information content (AvgIpc) is 3.39. The molecule has 1 aromatic heterocycles. The van der Waals surface area contributed by atoms with Crippen molar-refractivity contribution in [2.75, 3.05) is 36.0 Å². The predicted molar refractivity (Wildman–Crippen MR) is 114 cm³/mol. The van der Waals surface area contributed by atoms with Crippen LogP contribution in [0.2, 0.25) is 0 Å². The zero-order valence-corrected chi connectivity index (χ0v) is 18.0. The first-order valence-electron chi connectivity index (χ1n) is 9.75. The van der Waals surface area contributed by atoms with Crippen LogP contribution in [0.25, 0.3) is 0 Å². The normalized spacial score (nSPS) is 19.4. The first-order valence-corrected chi connectivity index (χ1v) is 12.4. The molecule has 1 atom stereocenters. The summed E-state index contributed by atoms with van der Waals surface area (Å²) in [6.07, 6.45) is 3.62. The van der Waals surface area contributed by atoms with Gasteiger partial charge in [0.25, 0.3) is 0 Å². The fourth-order valence-electron chi connectivity index (χ4n) is 3.72. The highest BCUT2D eigenvalue weighted by Gasteiger charge is 2.31. The monoisotopic (exact) mass is 449 g/mol. The van der Waals surface area contributed by atoms with E-state index >= 15 is 0 Å². The Kier molecular flexibility index (Phi) is 6.28. The Labute approximate surface area is 179 Å². The number of sulfonamides is 1. The Morgan fingerprint density at radius 1 is 1.03 bits per heavy atom. The molecule has 1 aromatic carbocycles. The van der Waals surface area contributed by atoms with Crippen molar-refractivity contribution < 1.29 is 22.4 Å². The first kappa shape index (κ1) is 21.1. The van der Waals surface area contributed by atoms with Crippen molar-refractivity contribution in [1.82, 2.24) is 9.62 Å². The van der Waals surface area contributed by atoms with E-state index in [0.29, 0.717) is 5.69 Å². The molecule has 0 aliphatic carbocycles. The first-order chi connectivity index (χ1) is 14.5. The van der Waals surface area contributed by atoms with Crippen LogP contribution in [0.1, 0.15) is 24.4 Å². The van der Waals surface area contributed by atoms with E-state index in [0.717, 1.165) is 35.1 Å². The zero-order chi connectivity index (χ0) is 21.1. The number of hydrogen-bond acceptors (Lipinski definition) is 7. The van der Waals surface area contributed by atoms with Gasteiger partial charge in [-0.05, 0) is 30.3 Å². The fraction of sp³-hybridized carbons (Fsp3) is 0.400. The second-order valence-corrected chi connectivity index (χ2v) is 10.2. The van der Waals surface area contributed by atoms with Crippen molar-refractivity contribution in [2.24, 2.45) is 0 Å². The number of benzene rings is 1. The second-order valence-electron chi connectivity index (χ2n) is 7.19. The number of carbonyl (C=O) groups excluding carboxylic acids is 2. The summed E-state index contributed by atoms with van der Waals surface area (Å²) >= 11 is 1.89. The number of amides is 2. The molecule has 2 aliphatic rings. The summed E-state index contributed by atoms with van der Waals surface area (Å²) in [7, 11) is -3.75. The fourth-order valence-corrected chi connectivity index (χ4v) is 5.69. The molecule has 2 saturated heterocycles. The van der Waals surface area contributed by atoms with E-state index in [1.54, 1.807) is 12.5 Å². The summed E-state index contributed by atoms with van der Waals surface area (Å²) in [5, 5.41) is 0. The van der Waals surface area contributed by atoms with Crippen LogP contribution in [0.5, 0.6) is 0 Å². The number of furan rings is 1. The lowest BCUT2D eigenvalue weighted by atomic mass is 10.1. The van der Waals surface area contributed by atoms with E-state index in [1.807, 2.05) is 17.8 Å². The van der Waals surface area contributed by atoms with Gasteiger partial charge in [-0.3, -0.25) is 19.4 Å². The standard InChI is InChI=1S/C20H23N3O5S2/c24-19-5-6-20(25)23(19)16-1-3-17(4-2-16)30(26,27)21-13-18(15-7-10-28-14-15)22-8-11-29-12-9-22/h1-4,7,10,14,18,21H,5-6,8-9,11-13H2/t18-/m1/s1. The quantitative estimate of drug-likeness (QED) is 0.646. The van der Waals surface area contributed by atoms with Crippen LogP contribution in [0, 0.1) is 0 Å². The van der Waals surface area contributed by atoms with E-state index in [4.69, 9.17) is 4.42 Å². The van der Waals surface area contributed by atoms with Gasteiger partial charge in [0.2, 0.25) is 21.8 Å². The van der Waals surface area contributed by atoms with Crippen LogP contribution in [0.3, 0.4) is 0 Å². The molecule has 0 saturated carbocycles. The molecule has 0 bridgehead atoms. The SMILES string of the molecule is O=C1CCC(=O)N1c1ccc(S(=O)(=O)NC[C@H](c2ccoc2)N2CCSCC2)cc1. The lowest BCUT2D eigenvalue weighted by Crippen LogP contribution is -2.41. The third-order valence-electron chi connectivity index (χ3n) is 5.34. The molecule has 1 N–H and O–H groups in total. The van der Waals surface area contributed by atoms with Crippen LogP contribution in [0.15, 0.2) is 52.2 Å². The van der Waals surface area contributed by atoms with Crippen LogP contribution in [0.4, 0.5) is 5.69 Å². The largest absolute Gasteiger partial charge is 0.472 e. The molecular formula is C20H23N3O5S2. The Balaban J connectivity index is 1.47. The third-order valence-corrected chi connectivity index (χ3v) is 7.72. The van der Waals surface area contributed by atoms with E-state index in [1.165, 1.54) is 24.3 Å². The third kappa shape index (κ3) is 4.46. The van der Waals surface area contributed by atoms with Gasteiger partial charge >= 0.3 is 0 Å². The van der Waals surface area contributed by atoms with Crippen molar-refractivity contribution in [3.63, 3.8) is 0 Å². The highest BCUT2D eigenvalue weighted by molar-refractivity contribution is 7.99. The predicted octanol–water partition coefficient (Wildman–Crippen LogP) is 2.00. The van der Waals surface area contributed by atoms with Gasteiger partial charge in [-0.15, -0.1) is 0 Å². The van der Waals surface area contributed by atoms with E-state index < -0.39 is 10.0 Å².